The third-order valence-corrected chi connectivity index (χ3v) is 7.22. The molecule has 8 heteroatoms. The van der Waals surface area contributed by atoms with Gasteiger partial charge in [-0.25, -0.2) is 0 Å². The van der Waals surface area contributed by atoms with Crippen LogP contribution in [0.25, 0.3) is 10.9 Å². The first-order valence-electron chi connectivity index (χ1n) is 11.7. The molecule has 3 aromatic carbocycles. The van der Waals surface area contributed by atoms with Gasteiger partial charge in [0.25, 0.3) is 5.91 Å². The topological polar surface area (TPSA) is 81.6 Å². The Kier molecular flexibility index (Phi) is 6.86. The molecule has 0 unspecified atom stereocenters. The van der Waals surface area contributed by atoms with Gasteiger partial charge in [-0.1, -0.05) is 24.3 Å². The smallest absolute Gasteiger partial charge is 0.251 e. The minimum atomic E-state index is -0.101. The molecule has 184 valence electrons. The average molecular weight is 502 g/mol. The van der Waals surface area contributed by atoms with Gasteiger partial charge < -0.3 is 24.7 Å². The lowest BCUT2D eigenvalue weighted by molar-refractivity contribution is -0.113. The Bertz CT molecular complexity index is 1450. The molecule has 0 atom stereocenters. The molecule has 2 heterocycles. The summed E-state index contributed by atoms with van der Waals surface area (Å²) in [5.41, 5.74) is 4.67. The van der Waals surface area contributed by atoms with Crippen molar-refractivity contribution in [2.75, 3.05) is 24.4 Å². The van der Waals surface area contributed by atoms with Crippen LogP contribution in [0.3, 0.4) is 0 Å². The van der Waals surface area contributed by atoms with Gasteiger partial charge in [0.2, 0.25) is 12.7 Å². The summed E-state index contributed by atoms with van der Waals surface area (Å²) in [4.78, 5) is 26.2. The van der Waals surface area contributed by atoms with Gasteiger partial charge in [0, 0.05) is 52.4 Å². The van der Waals surface area contributed by atoms with Crippen LogP contribution in [0, 0.1) is 13.8 Å². The summed E-state index contributed by atoms with van der Waals surface area (Å²) in [6.07, 6.45) is 2.05. The van der Waals surface area contributed by atoms with Crippen LogP contribution in [0.4, 0.5) is 5.69 Å². The molecule has 1 aromatic heterocycles. The normalized spacial score (nSPS) is 12.1. The maximum atomic E-state index is 12.6. The van der Waals surface area contributed by atoms with E-state index in [0.29, 0.717) is 35.8 Å². The van der Waals surface area contributed by atoms with E-state index in [2.05, 4.69) is 27.3 Å². The van der Waals surface area contributed by atoms with Crippen molar-refractivity contribution in [2.45, 2.75) is 25.3 Å². The molecule has 0 radical (unpaired) electrons. The van der Waals surface area contributed by atoms with E-state index < -0.39 is 0 Å². The maximum absolute atomic E-state index is 12.6. The number of aryl methyl sites for hydroxylation is 2. The number of para-hydroxylation sites is 1. The molecule has 36 heavy (non-hydrogen) atoms. The fourth-order valence-corrected chi connectivity index (χ4v) is 4.99. The van der Waals surface area contributed by atoms with Crippen LogP contribution in [0.5, 0.6) is 11.5 Å². The zero-order chi connectivity index (χ0) is 25.1. The van der Waals surface area contributed by atoms with Crippen molar-refractivity contribution in [3.8, 4) is 11.5 Å². The Labute approximate surface area is 213 Å². The quantitative estimate of drug-likeness (QED) is 0.327. The van der Waals surface area contributed by atoms with Crippen molar-refractivity contribution < 1.29 is 19.1 Å². The monoisotopic (exact) mass is 501 g/mol. The molecule has 5 rings (SSSR count). The molecule has 0 spiro atoms. The lowest BCUT2D eigenvalue weighted by Crippen LogP contribution is -2.27. The molecule has 1 aliphatic heterocycles. The van der Waals surface area contributed by atoms with Crippen molar-refractivity contribution in [1.82, 2.24) is 9.88 Å². The van der Waals surface area contributed by atoms with E-state index in [9.17, 15) is 9.59 Å². The number of hydrogen-bond donors (Lipinski definition) is 2. The Morgan fingerprint density at radius 3 is 2.67 bits per heavy atom. The number of nitrogens with one attached hydrogen (secondary N) is 2. The highest BCUT2D eigenvalue weighted by Crippen LogP contribution is 2.34. The zero-order valence-corrected chi connectivity index (χ0v) is 21.0. The summed E-state index contributed by atoms with van der Waals surface area (Å²) in [6, 6.07) is 19.2. The van der Waals surface area contributed by atoms with Gasteiger partial charge in [0.05, 0.1) is 5.75 Å². The Morgan fingerprint density at radius 2 is 1.81 bits per heavy atom. The number of hydrogen-bond acceptors (Lipinski definition) is 5. The average Bonchev–Trinajstić information content (AvgIpc) is 3.49. The first-order valence-corrected chi connectivity index (χ1v) is 12.7. The van der Waals surface area contributed by atoms with Gasteiger partial charge in [-0.2, -0.15) is 0 Å². The van der Waals surface area contributed by atoms with Gasteiger partial charge in [0.1, 0.15) is 0 Å². The van der Waals surface area contributed by atoms with Crippen LogP contribution in [0.15, 0.2) is 71.8 Å². The molecule has 0 fully saturated rings. The number of anilines is 1. The van der Waals surface area contributed by atoms with E-state index in [1.165, 1.54) is 17.3 Å². The summed E-state index contributed by atoms with van der Waals surface area (Å²) in [6.45, 7) is 5.36. The predicted molar refractivity (Wildman–Crippen MR) is 142 cm³/mol. The third kappa shape index (κ3) is 5.18. The molecule has 1 aliphatic rings. The van der Waals surface area contributed by atoms with Crippen molar-refractivity contribution >= 4 is 40.2 Å². The molecule has 2 N–H and O–H groups in total. The molecule has 2 amide bonds. The van der Waals surface area contributed by atoms with Crippen LogP contribution in [-0.4, -0.2) is 35.5 Å². The number of amides is 2. The van der Waals surface area contributed by atoms with Crippen molar-refractivity contribution in [3.05, 3.63) is 83.6 Å². The lowest BCUT2D eigenvalue weighted by Gasteiger charge is -2.09. The Morgan fingerprint density at radius 1 is 0.972 bits per heavy atom. The fraction of sp³-hybridized carbons (Fsp3) is 0.214. The molecule has 0 aliphatic carbocycles. The first-order chi connectivity index (χ1) is 17.5. The number of ether oxygens (including phenoxy) is 2. The van der Waals surface area contributed by atoms with E-state index in [4.69, 9.17) is 9.47 Å². The second kappa shape index (κ2) is 10.4. The third-order valence-electron chi connectivity index (χ3n) is 6.17. The van der Waals surface area contributed by atoms with Crippen molar-refractivity contribution in [1.29, 1.82) is 0 Å². The highest BCUT2D eigenvalue weighted by Gasteiger charge is 2.15. The second-order valence-electron chi connectivity index (χ2n) is 8.66. The van der Waals surface area contributed by atoms with Crippen LogP contribution >= 0.6 is 11.8 Å². The van der Waals surface area contributed by atoms with E-state index in [1.54, 1.807) is 18.2 Å². The van der Waals surface area contributed by atoms with Gasteiger partial charge in [-0.05, 0) is 55.3 Å². The highest BCUT2D eigenvalue weighted by atomic mass is 32.2. The summed E-state index contributed by atoms with van der Waals surface area (Å²) in [5.74, 6) is 1.40. The van der Waals surface area contributed by atoms with Crippen molar-refractivity contribution in [2.24, 2.45) is 0 Å². The van der Waals surface area contributed by atoms with Crippen LogP contribution in [0.2, 0.25) is 0 Å². The maximum Gasteiger partial charge on any atom is 0.251 e. The summed E-state index contributed by atoms with van der Waals surface area (Å²) >= 11 is 1.49. The van der Waals surface area contributed by atoms with Crippen LogP contribution in [0.1, 0.15) is 21.5 Å². The van der Waals surface area contributed by atoms with Gasteiger partial charge in [-0.15, -0.1) is 11.8 Å². The number of benzene rings is 3. The Balaban J connectivity index is 1.20. The van der Waals surface area contributed by atoms with E-state index in [1.807, 2.05) is 50.4 Å². The number of fused-ring (bicyclic) bond motifs is 2. The predicted octanol–water partition coefficient (Wildman–Crippen LogP) is 5.15. The minimum absolute atomic E-state index is 0.0793. The number of thioether (sulfide) groups is 1. The SMILES string of the molecule is Cc1ccc(C(=O)NCCn2cc(SCC(=O)Nc3ccc4c(c3)OCO4)c3ccccc32)cc1C. The summed E-state index contributed by atoms with van der Waals surface area (Å²) < 4.78 is 12.8. The molecule has 4 aromatic rings. The molecule has 7 nitrogen and oxygen atoms in total. The van der Waals surface area contributed by atoms with Gasteiger partial charge in [-0.3, -0.25) is 9.59 Å². The van der Waals surface area contributed by atoms with Gasteiger partial charge in [0.15, 0.2) is 11.5 Å². The van der Waals surface area contributed by atoms with Gasteiger partial charge >= 0.3 is 0 Å². The highest BCUT2D eigenvalue weighted by molar-refractivity contribution is 8.00. The number of rotatable bonds is 8. The number of nitrogens with zero attached hydrogens (tertiary/aromatic N) is 1. The van der Waals surface area contributed by atoms with Crippen LogP contribution in [-0.2, 0) is 11.3 Å². The molecular weight excluding hydrogens is 474 g/mol. The fourth-order valence-electron chi connectivity index (χ4n) is 4.10. The standard InChI is InChI=1S/C28H27N3O4S/c1-18-7-8-20(13-19(18)2)28(33)29-11-12-31-15-26(22-5-3-4-6-23(22)31)36-16-27(32)30-21-9-10-24-25(14-21)35-17-34-24/h3-10,13-15H,11-12,16-17H2,1-2H3,(H,29,33)(H,30,32). The summed E-state index contributed by atoms with van der Waals surface area (Å²) in [7, 11) is 0. The molecule has 0 saturated carbocycles. The lowest BCUT2D eigenvalue weighted by atomic mass is 10.1. The second-order valence-corrected chi connectivity index (χ2v) is 9.68. The molecule has 0 saturated heterocycles. The summed E-state index contributed by atoms with van der Waals surface area (Å²) in [5, 5.41) is 7.01. The minimum Gasteiger partial charge on any atom is -0.454 e. The number of aromatic nitrogens is 1. The molecule has 0 bridgehead atoms. The molecular formula is C28H27N3O4S. The first kappa shape index (κ1) is 23.8. The zero-order valence-electron chi connectivity index (χ0n) is 20.2. The number of carbonyl (C=O) groups excluding carboxylic acids is 2. The van der Waals surface area contributed by atoms with Crippen LogP contribution < -0.4 is 20.1 Å². The van der Waals surface area contributed by atoms with E-state index in [-0.39, 0.29) is 24.4 Å². The van der Waals surface area contributed by atoms with E-state index in [0.717, 1.165) is 21.4 Å². The van der Waals surface area contributed by atoms with E-state index >= 15 is 0 Å². The number of carbonyl (C=O) groups is 2. The largest absolute Gasteiger partial charge is 0.454 e. The Hall–Kier alpha value is -3.91. The van der Waals surface area contributed by atoms with Crippen molar-refractivity contribution in [3.63, 3.8) is 0 Å².